The first kappa shape index (κ1) is 22.3. The van der Waals surface area contributed by atoms with Gasteiger partial charge in [-0.1, -0.05) is 54.6 Å². The predicted octanol–water partition coefficient (Wildman–Crippen LogP) is 6.35. The molecule has 32 heavy (non-hydrogen) atoms. The number of hydrogen-bond acceptors (Lipinski definition) is 2. The van der Waals surface area contributed by atoms with E-state index in [4.69, 9.17) is 5.11 Å². The first-order chi connectivity index (χ1) is 15.3. The molecule has 1 heterocycles. The number of rotatable bonds is 6. The summed E-state index contributed by atoms with van der Waals surface area (Å²) in [4.78, 5) is 13.0. The summed E-state index contributed by atoms with van der Waals surface area (Å²) in [5.74, 6) is -1.03. The van der Waals surface area contributed by atoms with Gasteiger partial charge in [-0.2, -0.15) is 13.2 Å². The maximum Gasteiger partial charge on any atom is 0.417 e. The fraction of sp³-hybridized carbons (Fsp3) is 0.346. The smallest absolute Gasteiger partial charge is 0.417 e. The second kappa shape index (κ2) is 9.33. The Morgan fingerprint density at radius 2 is 1.72 bits per heavy atom. The van der Waals surface area contributed by atoms with E-state index in [0.29, 0.717) is 37.2 Å². The molecule has 0 spiro atoms. The second-order valence-corrected chi connectivity index (χ2v) is 8.58. The van der Waals surface area contributed by atoms with E-state index in [0.717, 1.165) is 36.0 Å². The van der Waals surface area contributed by atoms with Gasteiger partial charge < -0.3 is 5.11 Å². The highest BCUT2D eigenvalue weighted by Gasteiger charge is 2.34. The average molecular weight is 441 g/mol. The molecule has 0 amide bonds. The highest BCUT2D eigenvalue weighted by atomic mass is 19.4. The fourth-order valence-corrected chi connectivity index (χ4v) is 4.30. The molecule has 1 saturated heterocycles. The van der Waals surface area contributed by atoms with Gasteiger partial charge in [0.15, 0.2) is 0 Å². The van der Waals surface area contributed by atoms with Crippen molar-refractivity contribution in [3.05, 3.63) is 76.4 Å². The predicted molar refractivity (Wildman–Crippen MR) is 120 cm³/mol. The SMILES string of the molecule is O=C(O)C1CN(Cc2ccc(/C=C/c3ccc(C4=CCCCC4)c(C(F)(F)F)c3)cc2)C1. The van der Waals surface area contributed by atoms with E-state index in [2.05, 4.69) is 4.90 Å². The zero-order valence-electron chi connectivity index (χ0n) is 17.7. The molecule has 3 nitrogen and oxygen atoms in total. The van der Waals surface area contributed by atoms with Crippen LogP contribution in [0.1, 0.15) is 53.5 Å². The molecular formula is C26H26F3NO2. The number of aliphatic carboxylic acids is 1. The molecular weight excluding hydrogens is 415 g/mol. The first-order valence-electron chi connectivity index (χ1n) is 10.9. The Morgan fingerprint density at radius 3 is 2.34 bits per heavy atom. The molecule has 0 saturated carbocycles. The number of carboxylic acids is 1. The Bertz CT molecular complexity index is 1030. The summed E-state index contributed by atoms with van der Waals surface area (Å²) in [7, 11) is 0. The molecule has 0 aromatic heterocycles. The van der Waals surface area contributed by atoms with Gasteiger partial charge >= 0.3 is 12.1 Å². The van der Waals surface area contributed by atoms with Gasteiger partial charge in [-0.15, -0.1) is 0 Å². The third kappa shape index (κ3) is 5.30. The molecule has 0 unspecified atom stereocenters. The van der Waals surface area contributed by atoms with Crippen molar-refractivity contribution >= 4 is 23.7 Å². The van der Waals surface area contributed by atoms with Crippen molar-refractivity contribution in [3.8, 4) is 0 Å². The molecule has 6 heteroatoms. The van der Waals surface area contributed by atoms with E-state index < -0.39 is 17.7 Å². The molecule has 1 fully saturated rings. The number of halogens is 3. The topological polar surface area (TPSA) is 40.5 Å². The van der Waals surface area contributed by atoms with E-state index >= 15 is 0 Å². The molecule has 1 aliphatic carbocycles. The number of likely N-dealkylation sites (tertiary alicyclic amines) is 1. The minimum atomic E-state index is -4.39. The van der Waals surface area contributed by atoms with Gasteiger partial charge in [0.25, 0.3) is 0 Å². The third-order valence-corrected chi connectivity index (χ3v) is 6.15. The summed E-state index contributed by atoms with van der Waals surface area (Å²) >= 11 is 0. The summed E-state index contributed by atoms with van der Waals surface area (Å²) in [6, 6.07) is 12.4. The molecule has 168 valence electrons. The van der Waals surface area contributed by atoms with Gasteiger partial charge in [0.05, 0.1) is 11.5 Å². The lowest BCUT2D eigenvalue weighted by Gasteiger charge is -2.36. The fourth-order valence-electron chi connectivity index (χ4n) is 4.30. The molecule has 2 aromatic rings. The molecule has 2 aromatic carbocycles. The molecule has 0 radical (unpaired) electrons. The van der Waals surface area contributed by atoms with Crippen LogP contribution < -0.4 is 0 Å². The first-order valence-corrected chi connectivity index (χ1v) is 10.9. The quantitative estimate of drug-likeness (QED) is 0.531. The maximum atomic E-state index is 13.7. The lowest BCUT2D eigenvalue weighted by atomic mass is 9.89. The van der Waals surface area contributed by atoms with Crippen molar-refractivity contribution in [2.24, 2.45) is 5.92 Å². The summed E-state index contributed by atoms with van der Waals surface area (Å²) < 4.78 is 41.1. The largest absolute Gasteiger partial charge is 0.481 e. The summed E-state index contributed by atoms with van der Waals surface area (Å²) in [5, 5.41) is 8.95. The normalized spacial score (nSPS) is 17.9. The number of nitrogens with zero attached hydrogens (tertiary/aromatic N) is 1. The van der Waals surface area contributed by atoms with Gasteiger partial charge in [0.1, 0.15) is 0 Å². The zero-order valence-corrected chi connectivity index (χ0v) is 17.7. The van der Waals surface area contributed by atoms with E-state index in [1.54, 1.807) is 18.2 Å². The van der Waals surface area contributed by atoms with Gasteiger partial charge in [-0.05, 0) is 59.6 Å². The molecule has 2 aliphatic rings. The van der Waals surface area contributed by atoms with Crippen molar-refractivity contribution in [1.29, 1.82) is 0 Å². The van der Waals surface area contributed by atoms with E-state index in [1.165, 1.54) is 6.07 Å². The van der Waals surface area contributed by atoms with Gasteiger partial charge in [-0.25, -0.2) is 0 Å². The van der Waals surface area contributed by atoms with Crippen LogP contribution in [0.5, 0.6) is 0 Å². The molecule has 1 aliphatic heterocycles. The van der Waals surface area contributed by atoms with E-state index in [-0.39, 0.29) is 5.92 Å². The van der Waals surface area contributed by atoms with Gasteiger partial charge in [-0.3, -0.25) is 9.69 Å². The van der Waals surface area contributed by atoms with E-state index in [1.807, 2.05) is 36.4 Å². The number of hydrogen-bond donors (Lipinski definition) is 1. The highest BCUT2D eigenvalue weighted by molar-refractivity contribution is 5.74. The number of carbonyl (C=O) groups is 1. The van der Waals surface area contributed by atoms with Crippen LogP contribution in [-0.4, -0.2) is 29.1 Å². The maximum absolute atomic E-state index is 13.7. The van der Waals surface area contributed by atoms with Crippen molar-refractivity contribution in [2.75, 3.05) is 13.1 Å². The number of alkyl halides is 3. The minimum Gasteiger partial charge on any atom is -0.481 e. The Balaban J connectivity index is 1.45. The van der Waals surface area contributed by atoms with Crippen molar-refractivity contribution in [3.63, 3.8) is 0 Å². The summed E-state index contributed by atoms with van der Waals surface area (Å²) in [5.41, 5.74) is 3.02. The van der Waals surface area contributed by atoms with Crippen molar-refractivity contribution in [2.45, 2.75) is 38.4 Å². The van der Waals surface area contributed by atoms with Crippen LogP contribution >= 0.6 is 0 Å². The van der Waals surface area contributed by atoms with Crippen molar-refractivity contribution in [1.82, 2.24) is 4.90 Å². The highest BCUT2D eigenvalue weighted by Crippen LogP contribution is 2.38. The molecule has 4 rings (SSSR count). The van der Waals surface area contributed by atoms with Crippen LogP contribution in [0.2, 0.25) is 0 Å². The monoisotopic (exact) mass is 441 g/mol. The van der Waals surface area contributed by atoms with Crippen LogP contribution in [0, 0.1) is 5.92 Å². The Hall–Kier alpha value is -2.86. The standard InChI is InChI=1S/C26H26F3NO2/c27-26(28,29)24-14-19(12-13-23(24)21-4-2-1-3-5-21)9-6-18-7-10-20(11-8-18)15-30-16-22(17-30)25(31)32/h4,6-14,22H,1-3,5,15-17H2,(H,31,32)/b9-6+. The Labute approximate surface area is 185 Å². The van der Waals surface area contributed by atoms with E-state index in [9.17, 15) is 18.0 Å². The molecule has 1 N–H and O–H groups in total. The van der Waals surface area contributed by atoms with Crippen LogP contribution in [0.15, 0.2) is 48.5 Å². The second-order valence-electron chi connectivity index (χ2n) is 8.58. The zero-order chi connectivity index (χ0) is 22.7. The average Bonchev–Trinajstić information content (AvgIpc) is 2.75. The Kier molecular flexibility index (Phi) is 6.51. The van der Waals surface area contributed by atoms with Crippen LogP contribution in [0.25, 0.3) is 17.7 Å². The van der Waals surface area contributed by atoms with Crippen LogP contribution in [0.3, 0.4) is 0 Å². The summed E-state index contributed by atoms with van der Waals surface area (Å²) in [6.45, 7) is 1.82. The number of carboxylic acid groups (broad SMARTS) is 1. The number of benzene rings is 2. The number of allylic oxidation sites excluding steroid dienone is 2. The lowest BCUT2D eigenvalue weighted by molar-refractivity contribution is -0.147. The Morgan fingerprint density at radius 1 is 1.03 bits per heavy atom. The van der Waals surface area contributed by atoms with Gasteiger partial charge in [0.2, 0.25) is 0 Å². The van der Waals surface area contributed by atoms with Crippen molar-refractivity contribution < 1.29 is 23.1 Å². The molecule has 0 bridgehead atoms. The van der Waals surface area contributed by atoms with Gasteiger partial charge in [0, 0.05) is 19.6 Å². The van der Waals surface area contributed by atoms with Crippen LogP contribution in [0.4, 0.5) is 13.2 Å². The lowest BCUT2D eigenvalue weighted by Crippen LogP contribution is -2.49. The van der Waals surface area contributed by atoms with Crippen LogP contribution in [-0.2, 0) is 17.5 Å². The third-order valence-electron chi connectivity index (χ3n) is 6.15. The summed E-state index contributed by atoms with van der Waals surface area (Å²) in [6.07, 6.45) is 4.55. The molecule has 0 atom stereocenters. The minimum absolute atomic E-state index is 0.278.